The van der Waals surface area contributed by atoms with E-state index in [1.165, 1.54) is 12.1 Å². The van der Waals surface area contributed by atoms with Crippen molar-refractivity contribution in [2.75, 3.05) is 5.32 Å². The van der Waals surface area contributed by atoms with Gasteiger partial charge in [-0.25, -0.2) is 14.5 Å². The molecule has 2 N–H and O–H groups in total. The normalized spacial score (nSPS) is 29.8. The fraction of sp³-hybridized carbons (Fsp3) is 0.560. The first kappa shape index (κ1) is 25.6. The maximum absolute atomic E-state index is 14.6. The van der Waals surface area contributed by atoms with Crippen molar-refractivity contribution >= 4 is 17.4 Å². The lowest BCUT2D eigenvalue weighted by Crippen LogP contribution is -2.47. The Kier molecular flexibility index (Phi) is 5.69. The van der Waals surface area contributed by atoms with Crippen LogP contribution in [-0.2, 0) is 0 Å². The van der Waals surface area contributed by atoms with Crippen LogP contribution in [0.1, 0.15) is 74.6 Å². The number of nitrogens with one attached hydrogen (secondary N) is 2. The lowest BCUT2D eigenvalue weighted by Gasteiger charge is -2.37. The highest BCUT2D eigenvalue weighted by Gasteiger charge is 2.64. The number of benzene rings is 1. The zero-order chi connectivity index (χ0) is 27.0. The van der Waals surface area contributed by atoms with E-state index < -0.39 is 42.3 Å². The van der Waals surface area contributed by atoms with Crippen LogP contribution in [0.4, 0.5) is 32.2 Å². The number of alkyl halides is 5. The van der Waals surface area contributed by atoms with E-state index in [9.17, 15) is 31.1 Å². The van der Waals surface area contributed by atoms with Crippen LogP contribution in [0.5, 0.6) is 0 Å². The average molecular weight is 528 g/mol. The zero-order valence-corrected chi connectivity index (χ0v) is 20.5. The van der Waals surface area contributed by atoms with Crippen molar-refractivity contribution in [3.63, 3.8) is 0 Å². The first-order valence-corrected chi connectivity index (χ1v) is 12.1. The molecule has 200 valence electrons. The van der Waals surface area contributed by atoms with Gasteiger partial charge in [0.1, 0.15) is 17.7 Å². The molecule has 6 nitrogen and oxygen atoms in total. The largest absolute Gasteiger partial charge is 0.455 e. The van der Waals surface area contributed by atoms with E-state index >= 15 is 0 Å². The van der Waals surface area contributed by atoms with Gasteiger partial charge in [0.2, 0.25) is 0 Å². The maximum atomic E-state index is 14.6. The number of fused-ring (bicyclic) bond motifs is 3. The Morgan fingerprint density at radius 3 is 2.41 bits per heavy atom. The molecule has 2 heterocycles. The molecule has 1 aromatic carbocycles. The quantitative estimate of drug-likeness (QED) is 0.365. The number of carbonyl (C=O) groups excluding carboxylic acids is 1. The number of halogens is 6. The van der Waals surface area contributed by atoms with E-state index in [0.717, 1.165) is 43.2 Å². The number of amides is 1. The third-order valence-electron chi connectivity index (χ3n) is 8.92. The highest BCUT2D eigenvalue weighted by molar-refractivity contribution is 5.97. The van der Waals surface area contributed by atoms with E-state index in [-0.39, 0.29) is 22.3 Å². The van der Waals surface area contributed by atoms with Gasteiger partial charge in [0.25, 0.3) is 5.91 Å². The summed E-state index contributed by atoms with van der Waals surface area (Å²) in [5.74, 6) is -6.26. The molecule has 2 aliphatic carbocycles. The maximum Gasteiger partial charge on any atom is 0.455 e. The number of rotatable bonds is 4. The number of carbonyl (C=O) groups is 1. The van der Waals surface area contributed by atoms with Crippen LogP contribution in [0.15, 0.2) is 35.4 Å². The Morgan fingerprint density at radius 1 is 1.16 bits per heavy atom. The molecule has 3 aliphatic rings. The summed E-state index contributed by atoms with van der Waals surface area (Å²) < 4.78 is 83.2. The first-order valence-electron chi connectivity index (χ1n) is 12.1. The van der Waals surface area contributed by atoms with Gasteiger partial charge < -0.3 is 5.32 Å². The molecule has 1 amide bonds. The number of hydrazone groups is 1. The van der Waals surface area contributed by atoms with E-state index in [0.29, 0.717) is 16.2 Å². The molecule has 2 bridgehead atoms. The van der Waals surface area contributed by atoms with Crippen molar-refractivity contribution in [2.45, 2.75) is 70.6 Å². The van der Waals surface area contributed by atoms with Crippen molar-refractivity contribution in [1.82, 2.24) is 15.2 Å². The van der Waals surface area contributed by atoms with Gasteiger partial charge >= 0.3 is 12.1 Å². The molecular weight excluding hydrogens is 500 g/mol. The van der Waals surface area contributed by atoms with E-state index in [4.69, 9.17) is 0 Å². The minimum atomic E-state index is -5.84. The SMILES string of the molecule is CC1(C)[C@H]2CC[C@]1(C)/C(=N/NC(=O)c1cc3n(n1)[C@@H](C(F)(F)C(F)(F)F)C[C@H](c1ccc(F)cc1)N3)C2. The van der Waals surface area contributed by atoms with Crippen LogP contribution in [0.25, 0.3) is 0 Å². The summed E-state index contributed by atoms with van der Waals surface area (Å²) in [6.45, 7) is 6.44. The van der Waals surface area contributed by atoms with Crippen molar-refractivity contribution in [1.29, 1.82) is 0 Å². The Balaban J connectivity index is 1.44. The highest BCUT2D eigenvalue weighted by atomic mass is 19.4. The second-order valence-corrected chi connectivity index (χ2v) is 11.0. The molecule has 5 rings (SSSR count). The van der Waals surface area contributed by atoms with Crippen molar-refractivity contribution in [3.05, 3.63) is 47.4 Å². The molecule has 2 saturated carbocycles. The predicted octanol–water partition coefficient (Wildman–Crippen LogP) is 6.25. The number of hydrogen-bond acceptors (Lipinski definition) is 4. The fourth-order valence-corrected chi connectivity index (χ4v) is 6.09. The number of nitrogens with zero attached hydrogens (tertiary/aromatic N) is 3. The standard InChI is InChI=1S/C25H27F6N5O/c1-22(2)14-8-9-23(22,3)18(10-14)33-34-21(37)17-12-20-32-16(13-4-6-15(26)7-5-13)11-19(36(20)35-17)24(27,28)25(29,30)31/h4-7,12,14,16,19,32H,8-11H2,1-3H3,(H,34,37)/b33-18+/t14-,16+,19+,23+/m0/s1. The van der Waals surface area contributed by atoms with Crippen LogP contribution in [0.3, 0.4) is 0 Å². The second kappa shape index (κ2) is 8.22. The Bertz CT molecular complexity index is 1250. The van der Waals surface area contributed by atoms with Crippen LogP contribution < -0.4 is 10.7 Å². The molecule has 1 aromatic heterocycles. The van der Waals surface area contributed by atoms with Crippen molar-refractivity contribution in [2.24, 2.45) is 21.8 Å². The average Bonchev–Trinajstić information content (AvgIpc) is 3.41. The molecule has 1 aliphatic heterocycles. The van der Waals surface area contributed by atoms with Gasteiger partial charge in [-0.3, -0.25) is 4.79 Å². The van der Waals surface area contributed by atoms with E-state index in [1.54, 1.807) is 0 Å². The van der Waals surface area contributed by atoms with Gasteiger partial charge in [-0.05, 0) is 48.3 Å². The van der Waals surface area contributed by atoms with Crippen LogP contribution in [0, 0.1) is 22.6 Å². The lowest BCUT2D eigenvalue weighted by atomic mass is 9.70. The second-order valence-electron chi connectivity index (χ2n) is 11.0. The van der Waals surface area contributed by atoms with E-state index in [2.05, 4.69) is 41.7 Å². The Morgan fingerprint density at radius 2 is 1.84 bits per heavy atom. The molecule has 2 aromatic rings. The molecule has 12 heteroatoms. The third-order valence-corrected chi connectivity index (χ3v) is 8.92. The molecule has 0 spiro atoms. The molecule has 0 unspecified atom stereocenters. The number of anilines is 1. The molecule has 0 saturated heterocycles. The minimum absolute atomic E-state index is 0.0136. The summed E-state index contributed by atoms with van der Waals surface area (Å²) in [4.78, 5) is 12.9. The van der Waals surface area contributed by atoms with Crippen molar-refractivity contribution in [3.8, 4) is 0 Å². The smallest absolute Gasteiger partial charge is 0.363 e. The Hall–Kier alpha value is -3.05. The highest BCUT2D eigenvalue weighted by Crippen LogP contribution is 2.64. The summed E-state index contributed by atoms with van der Waals surface area (Å²) >= 11 is 0. The van der Waals surface area contributed by atoms with Gasteiger partial charge in [-0.1, -0.05) is 32.9 Å². The van der Waals surface area contributed by atoms with Crippen LogP contribution in [-0.4, -0.2) is 33.5 Å². The van der Waals surface area contributed by atoms with Gasteiger partial charge in [-0.15, -0.1) is 0 Å². The first-order chi connectivity index (χ1) is 17.1. The zero-order valence-electron chi connectivity index (χ0n) is 20.5. The molecule has 37 heavy (non-hydrogen) atoms. The minimum Gasteiger partial charge on any atom is -0.363 e. The summed E-state index contributed by atoms with van der Waals surface area (Å²) in [5, 5.41) is 11.0. The molecule has 2 fully saturated rings. The van der Waals surface area contributed by atoms with Crippen molar-refractivity contribution < 1.29 is 31.1 Å². The number of hydrogen-bond donors (Lipinski definition) is 2. The third kappa shape index (κ3) is 3.90. The van der Waals surface area contributed by atoms with Crippen LogP contribution >= 0.6 is 0 Å². The Labute approximate surface area is 209 Å². The van der Waals surface area contributed by atoms with Gasteiger partial charge in [0.15, 0.2) is 5.69 Å². The fourth-order valence-electron chi connectivity index (χ4n) is 6.09. The van der Waals surface area contributed by atoms with E-state index in [1.807, 2.05) is 0 Å². The number of aromatic nitrogens is 2. The summed E-state index contributed by atoms with van der Waals surface area (Å²) in [6.07, 6.45) is -3.81. The molecular formula is C25H27F6N5O. The van der Waals surface area contributed by atoms with Gasteiger partial charge in [0.05, 0.1) is 6.04 Å². The summed E-state index contributed by atoms with van der Waals surface area (Å²) in [6, 6.07) is 2.51. The summed E-state index contributed by atoms with van der Waals surface area (Å²) in [7, 11) is 0. The molecule has 4 atom stereocenters. The van der Waals surface area contributed by atoms with Crippen LogP contribution in [0.2, 0.25) is 0 Å². The predicted molar refractivity (Wildman–Crippen MR) is 124 cm³/mol. The van der Waals surface area contributed by atoms with Gasteiger partial charge in [0, 0.05) is 23.6 Å². The summed E-state index contributed by atoms with van der Waals surface area (Å²) in [5.41, 5.74) is 3.06. The molecule has 0 radical (unpaired) electrons. The lowest BCUT2D eigenvalue weighted by molar-refractivity contribution is -0.301. The monoisotopic (exact) mass is 527 g/mol. The van der Waals surface area contributed by atoms with Gasteiger partial charge in [-0.2, -0.15) is 32.2 Å². The topological polar surface area (TPSA) is 71.3 Å².